The van der Waals surface area contributed by atoms with Crippen LogP contribution in [0.4, 0.5) is 0 Å². The van der Waals surface area contributed by atoms with Gasteiger partial charge in [-0.25, -0.2) is 0 Å². The quantitative estimate of drug-likeness (QED) is 0.740. The van der Waals surface area contributed by atoms with E-state index in [1.807, 2.05) is 0 Å². The van der Waals surface area contributed by atoms with Crippen LogP contribution < -0.4 is 0 Å². The van der Waals surface area contributed by atoms with E-state index in [2.05, 4.69) is 0 Å². The van der Waals surface area contributed by atoms with Crippen LogP contribution in [0.2, 0.25) is 0 Å². The van der Waals surface area contributed by atoms with E-state index in [0.29, 0.717) is 0 Å². The first-order valence-corrected chi connectivity index (χ1v) is 6.51. The van der Waals surface area contributed by atoms with Gasteiger partial charge in [0.25, 0.3) is 0 Å². The van der Waals surface area contributed by atoms with Crippen molar-refractivity contribution in [3.8, 4) is 0 Å². The predicted molar refractivity (Wildman–Crippen MR) is 65.9 cm³/mol. The molecule has 1 rings (SSSR count). The Labute approximate surface area is 103 Å². The zero-order valence-corrected chi connectivity index (χ0v) is 10.7. The van der Waals surface area contributed by atoms with Crippen LogP contribution in [-0.4, -0.2) is 41.4 Å². The molecule has 0 radical (unpaired) electrons. The molecule has 1 N–H and O–H groups in total. The van der Waals surface area contributed by atoms with Crippen molar-refractivity contribution in [1.29, 1.82) is 0 Å². The molecule has 1 saturated carbocycles. The number of hydrogen-bond donors (Lipinski definition) is 1. The zero-order chi connectivity index (χ0) is 12.7. The number of Topliss-reactive ketones (excluding diaryl/α,β-unsaturated/α-hetero) is 1. The van der Waals surface area contributed by atoms with Gasteiger partial charge in [-0.3, -0.25) is 14.5 Å². The highest BCUT2D eigenvalue weighted by Gasteiger charge is 2.17. The monoisotopic (exact) mass is 241 g/mol. The minimum absolute atomic E-state index is 0.0215. The summed E-state index contributed by atoms with van der Waals surface area (Å²) < 4.78 is 0. The van der Waals surface area contributed by atoms with Crippen LogP contribution in [0.1, 0.15) is 45.4 Å². The van der Waals surface area contributed by atoms with Crippen LogP contribution in [0, 0.1) is 5.92 Å². The molecule has 4 heteroatoms. The van der Waals surface area contributed by atoms with E-state index in [9.17, 15) is 9.59 Å². The van der Waals surface area contributed by atoms with Gasteiger partial charge in [0.05, 0.1) is 13.1 Å². The van der Waals surface area contributed by atoms with Gasteiger partial charge in [-0.1, -0.05) is 32.1 Å². The van der Waals surface area contributed by atoms with Crippen LogP contribution >= 0.6 is 0 Å². The highest BCUT2D eigenvalue weighted by Crippen LogP contribution is 2.26. The molecule has 17 heavy (non-hydrogen) atoms. The van der Waals surface area contributed by atoms with Gasteiger partial charge in [-0.05, 0) is 25.8 Å². The molecule has 0 amide bonds. The van der Waals surface area contributed by atoms with E-state index in [1.54, 1.807) is 4.90 Å². The highest BCUT2D eigenvalue weighted by molar-refractivity contribution is 5.78. The third-order valence-electron chi connectivity index (χ3n) is 3.38. The second-order valence-electron chi connectivity index (χ2n) is 5.10. The lowest BCUT2D eigenvalue weighted by Gasteiger charge is -2.25. The molecule has 0 unspecified atom stereocenters. The number of rotatable bonds is 7. The summed E-state index contributed by atoms with van der Waals surface area (Å²) in [6, 6.07) is 0. The summed E-state index contributed by atoms with van der Waals surface area (Å²) in [4.78, 5) is 23.5. The van der Waals surface area contributed by atoms with Crippen LogP contribution in [0.25, 0.3) is 0 Å². The van der Waals surface area contributed by atoms with Crippen molar-refractivity contribution in [2.45, 2.75) is 45.4 Å². The SMILES string of the molecule is CC(=O)CN(CCC1CCCCC1)CC(=O)O. The highest BCUT2D eigenvalue weighted by atomic mass is 16.4. The molecular formula is C13H23NO3. The summed E-state index contributed by atoms with van der Waals surface area (Å²) in [5, 5.41) is 8.78. The van der Waals surface area contributed by atoms with Crippen molar-refractivity contribution >= 4 is 11.8 Å². The van der Waals surface area contributed by atoms with E-state index in [0.717, 1.165) is 18.9 Å². The Balaban J connectivity index is 2.31. The first kappa shape index (κ1) is 14.2. The van der Waals surface area contributed by atoms with Crippen molar-refractivity contribution < 1.29 is 14.7 Å². The van der Waals surface area contributed by atoms with Crippen LogP contribution in [0.5, 0.6) is 0 Å². The fraction of sp³-hybridized carbons (Fsp3) is 0.846. The van der Waals surface area contributed by atoms with Crippen molar-refractivity contribution in [2.24, 2.45) is 5.92 Å². The second-order valence-corrected chi connectivity index (χ2v) is 5.10. The van der Waals surface area contributed by atoms with Crippen LogP contribution in [0.3, 0.4) is 0 Å². The van der Waals surface area contributed by atoms with Crippen molar-refractivity contribution in [3.63, 3.8) is 0 Å². The third-order valence-corrected chi connectivity index (χ3v) is 3.38. The van der Waals surface area contributed by atoms with Gasteiger partial charge in [0, 0.05) is 0 Å². The zero-order valence-electron chi connectivity index (χ0n) is 10.7. The Kier molecular flexibility index (Phi) is 6.19. The largest absolute Gasteiger partial charge is 0.480 e. The number of nitrogens with zero attached hydrogens (tertiary/aromatic N) is 1. The van der Waals surface area contributed by atoms with Gasteiger partial charge in [0.15, 0.2) is 0 Å². The lowest BCUT2D eigenvalue weighted by Crippen LogP contribution is -2.35. The lowest BCUT2D eigenvalue weighted by atomic mass is 9.87. The molecular weight excluding hydrogens is 218 g/mol. The number of aliphatic carboxylic acids is 1. The first-order chi connectivity index (χ1) is 8.08. The van der Waals surface area contributed by atoms with Crippen LogP contribution in [-0.2, 0) is 9.59 Å². The summed E-state index contributed by atoms with van der Waals surface area (Å²) in [5.41, 5.74) is 0. The molecule has 0 aromatic heterocycles. The second kappa shape index (κ2) is 7.43. The number of carboxylic acid groups (broad SMARTS) is 1. The number of ketones is 1. The molecule has 0 aromatic rings. The summed E-state index contributed by atoms with van der Waals surface area (Å²) >= 11 is 0. The smallest absolute Gasteiger partial charge is 0.317 e. The Bertz CT molecular complexity index is 243. The van der Waals surface area contributed by atoms with Crippen LogP contribution in [0.15, 0.2) is 0 Å². The van der Waals surface area contributed by atoms with E-state index < -0.39 is 5.97 Å². The predicted octanol–water partition coefficient (Wildman–Crippen LogP) is 1.93. The maximum Gasteiger partial charge on any atom is 0.317 e. The van der Waals surface area contributed by atoms with Gasteiger partial charge >= 0.3 is 5.97 Å². The number of hydrogen-bond acceptors (Lipinski definition) is 3. The van der Waals surface area contributed by atoms with E-state index in [-0.39, 0.29) is 18.9 Å². The van der Waals surface area contributed by atoms with Gasteiger partial charge in [0.1, 0.15) is 5.78 Å². The molecule has 0 aromatic carbocycles. The Morgan fingerprint density at radius 1 is 1.18 bits per heavy atom. The molecule has 0 heterocycles. The molecule has 0 atom stereocenters. The molecule has 0 spiro atoms. The maximum absolute atomic E-state index is 11.1. The van der Waals surface area contributed by atoms with Crippen molar-refractivity contribution in [1.82, 2.24) is 4.90 Å². The maximum atomic E-state index is 11.1. The van der Waals surface area contributed by atoms with Crippen molar-refractivity contribution in [3.05, 3.63) is 0 Å². The first-order valence-electron chi connectivity index (χ1n) is 6.51. The lowest BCUT2D eigenvalue weighted by molar-refractivity contribution is -0.138. The summed E-state index contributed by atoms with van der Waals surface area (Å²) in [6.45, 7) is 2.48. The Morgan fingerprint density at radius 3 is 2.35 bits per heavy atom. The average Bonchev–Trinajstić information content (AvgIpc) is 2.26. The van der Waals surface area contributed by atoms with E-state index in [1.165, 1.54) is 39.0 Å². The minimum atomic E-state index is -0.852. The molecule has 4 nitrogen and oxygen atoms in total. The fourth-order valence-electron chi connectivity index (χ4n) is 2.56. The van der Waals surface area contributed by atoms with E-state index >= 15 is 0 Å². The standard InChI is InChI=1S/C13H23NO3/c1-11(15)9-14(10-13(16)17)8-7-12-5-3-2-4-6-12/h12H,2-10H2,1H3,(H,16,17). The molecule has 1 fully saturated rings. The molecule has 1 aliphatic carbocycles. The molecule has 98 valence electrons. The topological polar surface area (TPSA) is 57.6 Å². The Morgan fingerprint density at radius 2 is 1.82 bits per heavy atom. The summed E-state index contributed by atoms with van der Waals surface area (Å²) in [5.74, 6) is -0.0863. The normalized spacial score (nSPS) is 17.3. The summed E-state index contributed by atoms with van der Waals surface area (Å²) in [6.07, 6.45) is 7.50. The molecule has 0 saturated heterocycles. The van der Waals surface area contributed by atoms with Gasteiger partial charge in [0.2, 0.25) is 0 Å². The number of carbonyl (C=O) groups excluding carboxylic acids is 1. The molecule has 1 aliphatic rings. The van der Waals surface area contributed by atoms with Gasteiger partial charge in [-0.2, -0.15) is 0 Å². The van der Waals surface area contributed by atoms with Gasteiger partial charge in [-0.15, -0.1) is 0 Å². The van der Waals surface area contributed by atoms with Crippen molar-refractivity contribution in [2.75, 3.05) is 19.6 Å². The fourth-order valence-corrected chi connectivity index (χ4v) is 2.56. The van der Waals surface area contributed by atoms with E-state index in [4.69, 9.17) is 5.11 Å². The van der Waals surface area contributed by atoms with Gasteiger partial charge < -0.3 is 5.11 Å². The Hall–Kier alpha value is -0.900. The molecule has 0 bridgehead atoms. The average molecular weight is 241 g/mol. The molecule has 0 aliphatic heterocycles. The number of carboxylic acids is 1. The number of carbonyl (C=O) groups is 2. The summed E-state index contributed by atoms with van der Waals surface area (Å²) in [7, 11) is 0. The third kappa shape index (κ3) is 6.41. The minimum Gasteiger partial charge on any atom is -0.480 e.